The zero-order valence-corrected chi connectivity index (χ0v) is 15.4. The molecule has 0 spiro atoms. The molecule has 2 aromatic heterocycles. The first-order valence-corrected chi connectivity index (χ1v) is 8.69. The Morgan fingerprint density at radius 3 is 2.74 bits per heavy atom. The summed E-state index contributed by atoms with van der Waals surface area (Å²) in [6, 6.07) is 11.1. The van der Waals surface area contributed by atoms with Gasteiger partial charge < -0.3 is 13.6 Å². The molecule has 1 aromatic carbocycles. The van der Waals surface area contributed by atoms with Crippen LogP contribution in [-0.2, 0) is 22.5 Å². The van der Waals surface area contributed by atoms with Crippen molar-refractivity contribution in [1.82, 2.24) is 10.5 Å². The molecular formula is C20H22N2O5. The molecule has 7 heteroatoms. The van der Waals surface area contributed by atoms with Crippen LogP contribution in [0.25, 0.3) is 11.5 Å². The van der Waals surface area contributed by atoms with Crippen molar-refractivity contribution in [3.8, 4) is 17.2 Å². The number of aromatic nitrogens is 1. The second-order valence-corrected chi connectivity index (χ2v) is 5.98. The van der Waals surface area contributed by atoms with Gasteiger partial charge in [-0.3, -0.25) is 9.63 Å². The molecule has 2 heterocycles. The van der Waals surface area contributed by atoms with E-state index in [4.69, 9.17) is 18.4 Å². The van der Waals surface area contributed by atoms with E-state index < -0.39 is 0 Å². The number of benzene rings is 1. The van der Waals surface area contributed by atoms with Crippen molar-refractivity contribution in [2.24, 2.45) is 0 Å². The third-order valence-corrected chi connectivity index (χ3v) is 3.99. The monoisotopic (exact) mass is 370 g/mol. The number of nitrogens with one attached hydrogen (secondary N) is 1. The number of amides is 1. The quantitative estimate of drug-likeness (QED) is 0.458. The number of rotatable bonds is 9. The van der Waals surface area contributed by atoms with Gasteiger partial charge in [0.2, 0.25) is 11.8 Å². The van der Waals surface area contributed by atoms with E-state index in [0.717, 1.165) is 29.9 Å². The first-order valence-electron chi connectivity index (χ1n) is 8.69. The summed E-state index contributed by atoms with van der Waals surface area (Å²) in [5, 5.41) is 0. The molecule has 0 aliphatic heterocycles. The molecule has 3 rings (SSSR count). The normalized spacial score (nSPS) is 10.7. The molecule has 0 saturated heterocycles. The van der Waals surface area contributed by atoms with Gasteiger partial charge in [-0.15, -0.1) is 0 Å². The molecule has 0 aliphatic carbocycles. The van der Waals surface area contributed by atoms with Crippen molar-refractivity contribution in [3.05, 3.63) is 59.9 Å². The van der Waals surface area contributed by atoms with E-state index in [2.05, 4.69) is 10.5 Å². The predicted molar refractivity (Wildman–Crippen MR) is 98.1 cm³/mol. The SMILES string of the molecule is COc1ccc(-c2nc(CC(=O)NOCCCc3ccco3)c(C)o2)cc1. The Labute approximate surface area is 157 Å². The number of furan rings is 1. The number of oxazole rings is 1. The molecule has 0 aliphatic rings. The molecule has 1 N–H and O–H groups in total. The molecule has 142 valence electrons. The Morgan fingerprint density at radius 2 is 2.04 bits per heavy atom. The van der Waals surface area contributed by atoms with Gasteiger partial charge in [0, 0.05) is 12.0 Å². The minimum Gasteiger partial charge on any atom is -0.497 e. The van der Waals surface area contributed by atoms with Crippen molar-refractivity contribution in [1.29, 1.82) is 0 Å². The van der Waals surface area contributed by atoms with Crippen molar-refractivity contribution in [2.45, 2.75) is 26.2 Å². The zero-order chi connectivity index (χ0) is 19.1. The van der Waals surface area contributed by atoms with Crippen LogP contribution in [-0.4, -0.2) is 24.6 Å². The highest BCUT2D eigenvalue weighted by Crippen LogP contribution is 2.24. The number of aryl methyl sites for hydroxylation is 2. The van der Waals surface area contributed by atoms with Gasteiger partial charge in [-0.2, -0.15) is 0 Å². The first-order chi connectivity index (χ1) is 13.2. The fourth-order valence-electron chi connectivity index (χ4n) is 2.54. The van der Waals surface area contributed by atoms with E-state index in [1.165, 1.54) is 0 Å². The van der Waals surface area contributed by atoms with Crippen LogP contribution in [0.3, 0.4) is 0 Å². The summed E-state index contributed by atoms with van der Waals surface area (Å²) < 4.78 is 16.1. The second-order valence-electron chi connectivity index (χ2n) is 5.98. The fourth-order valence-corrected chi connectivity index (χ4v) is 2.54. The molecule has 27 heavy (non-hydrogen) atoms. The Kier molecular flexibility index (Phi) is 6.27. The summed E-state index contributed by atoms with van der Waals surface area (Å²) in [7, 11) is 1.61. The molecule has 1 amide bonds. The number of hydroxylamine groups is 1. The molecular weight excluding hydrogens is 348 g/mol. The number of carbonyl (C=O) groups excluding carboxylic acids is 1. The molecule has 3 aromatic rings. The van der Waals surface area contributed by atoms with Gasteiger partial charge in [0.25, 0.3) is 0 Å². The van der Waals surface area contributed by atoms with E-state index in [1.807, 2.05) is 36.4 Å². The lowest BCUT2D eigenvalue weighted by Gasteiger charge is -2.04. The lowest BCUT2D eigenvalue weighted by molar-refractivity contribution is -0.133. The van der Waals surface area contributed by atoms with Crippen LogP contribution in [0.4, 0.5) is 0 Å². The minimum absolute atomic E-state index is 0.0870. The molecule has 0 fully saturated rings. The highest BCUT2D eigenvalue weighted by molar-refractivity contribution is 5.77. The highest BCUT2D eigenvalue weighted by Gasteiger charge is 2.15. The summed E-state index contributed by atoms with van der Waals surface area (Å²) in [5.41, 5.74) is 3.84. The fraction of sp³-hybridized carbons (Fsp3) is 0.300. The first kappa shape index (κ1) is 18.7. The van der Waals surface area contributed by atoms with Gasteiger partial charge in [-0.1, -0.05) is 0 Å². The second kappa shape index (κ2) is 9.05. The molecule has 0 radical (unpaired) electrons. The standard InChI is InChI=1S/C20H22N2O5/c1-14-18(21-20(27-14)15-7-9-16(24-2)10-8-15)13-19(23)22-26-12-4-6-17-5-3-11-25-17/h3,5,7-11H,4,6,12-13H2,1-2H3,(H,22,23). The zero-order valence-electron chi connectivity index (χ0n) is 15.4. The van der Waals surface area contributed by atoms with Gasteiger partial charge in [-0.05, 0) is 49.7 Å². The van der Waals surface area contributed by atoms with Crippen LogP contribution in [0, 0.1) is 6.92 Å². The van der Waals surface area contributed by atoms with Gasteiger partial charge >= 0.3 is 0 Å². The maximum Gasteiger partial charge on any atom is 0.249 e. The van der Waals surface area contributed by atoms with Crippen LogP contribution in [0.1, 0.15) is 23.6 Å². The average molecular weight is 370 g/mol. The lowest BCUT2D eigenvalue weighted by atomic mass is 10.2. The smallest absolute Gasteiger partial charge is 0.249 e. The topological polar surface area (TPSA) is 86.7 Å². The minimum atomic E-state index is -0.273. The number of methoxy groups -OCH3 is 1. The van der Waals surface area contributed by atoms with E-state index in [0.29, 0.717) is 24.0 Å². The van der Waals surface area contributed by atoms with Crippen molar-refractivity contribution >= 4 is 5.91 Å². The number of hydrogen-bond donors (Lipinski definition) is 1. The number of carbonyl (C=O) groups is 1. The highest BCUT2D eigenvalue weighted by atomic mass is 16.6. The molecule has 0 saturated carbocycles. The van der Waals surface area contributed by atoms with Gasteiger partial charge in [-0.25, -0.2) is 10.5 Å². The summed E-state index contributed by atoms with van der Waals surface area (Å²) in [5.74, 6) is 2.46. The Bertz CT molecular complexity index is 853. The molecule has 0 atom stereocenters. The summed E-state index contributed by atoms with van der Waals surface area (Å²) in [4.78, 5) is 21.7. The van der Waals surface area contributed by atoms with Gasteiger partial charge in [0.15, 0.2) is 0 Å². The van der Waals surface area contributed by atoms with Crippen LogP contribution >= 0.6 is 0 Å². The Balaban J connectivity index is 1.46. The predicted octanol–water partition coefficient (Wildman–Crippen LogP) is 3.47. The largest absolute Gasteiger partial charge is 0.497 e. The van der Waals surface area contributed by atoms with E-state index in [1.54, 1.807) is 20.3 Å². The molecule has 7 nitrogen and oxygen atoms in total. The summed E-state index contributed by atoms with van der Waals surface area (Å²) in [6.07, 6.45) is 3.23. The van der Waals surface area contributed by atoms with E-state index in [9.17, 15) is 4.79 Å². The van der Waals surface area contributed by atoms with Crippen LogP contribution < -0.4 is 10.2 Å². The van der Waals surface area contributed by atoms with Gasteiger partial charge in [0.1, 0.15) is 17.3 Å². The Morgan fingerprint density at radius 1 is 1.22 bits per heavy atom. The maximum atomic E-state index is 12.0. The van der Waals surface area contributed by atoms with E-state index >= 15 is 0 Å². The van der Waals surface area contributed by atoms with Crippen LogP contribution in [0.2, 0.25) is 0 Å². The van der Waals surface area contributed by atoms with Crippen molar-refractivity contribution in [3.63, 3.8) is 0 Å². The summed E-state index contributed by atoms with van der Waals surface area (Å²) in [6.45, 7) is 2.19. The third-order valence-electron chi connectivity index (χ3n) is 3.99. The maximum absolute atomic E-state index is 12.0. The van der Waals surface area contributed by atoms with Crippen LogP contribution in [0.15, 0.2) is 51.5 Å². The lowest BCUT2D eigenvalue weighted by Crippen LogP contribution is -2.26. The average Bonchev–Trinajstić information content (AvgIpc) is 3.32. The third kappa shape index (κ3) is 5.21. The molecule has 0 bridgehead atoms. The van der Waals surface area contributed by atoms with Crippen molar-refractivity contribution in [2.75, 3.05) is 13.7 Å². The van der Waals surface area contributed by atoms with Crippen LogP contribution in [0.5, 0.6) is 5.75 Å². The molecule has 0 unspecified atom stereocenters. The van der Waals surface area contributed by atoms with E-state index in [-0.39, 0.29) is 12.3 Å². The number of nitrogens with zero attached hydrogens (tertiary/aromatic N) is 1. The number of hydrogen-bond acceptors (Lipinski definition) is 6. The summed E-state index contributed by atoms with van der Waals surface area (Å²) >= 11 is 0. The van der Waals surface area contributed by atoms with Gasteiger partial charge in [0.05, 0.1) is 32.1 Å². The number of ether oxygens (including phenoxy) is 1. The van der Waals surface area contributed by atoms with Crippen molar-refractivity contribution < 1.29 is 23.2 Å². The Hall–Kier alpha value is -3.06.